The van der Waals surface area contributed by atoms with Gasteiger partial charge in [-0.25, -0.2) is 9.97 Å². The molecule has 0 aliphatic carbocycles. The number of carbonyl (C=O) groups is 1. The molecule has 0 saturated heterocycles. The molecule has 128 valence electrons. The van der Waals surface area contributed by atoms with Crippen molar-refractivity contribution in [3.05, 3.63) is 48.3 Å². The topological polar surface area (TPSA) is 85.6 Å². The number of benzene rings is 1. The van der Waals surface area contributed by atoms with Gasteiger partial charge in [0, 0.05) is 24.5 Å². The van der Waals surface area contributed by atoms with E-state index in [9.17, 15) is 4.79 Å². The van der Waals surface area contributed by atoms with Crippen LogP contribution in [0.1, 0.15) is 12.5 Å². The molecule has 25 heavy (non-hydrogen) atoms. The normalized spacial score (nSPS) is 10.6. The molecular formula is C17H18N6OS. The molecule has 0 atom stereocenters. The van der Waals surface area contributed by atoms with Gasteiger partial charge >= 0.3 is 0 Å². The second-order valence-corrected chi connectivity index (χ2v) is 6.27. The summed E-state index contributed by atoms with van der Waals surface area (Å²) in [7, 11) is 0. The number of rotatable bonds is 6. The van der Waals surface area contributed by atoms with E-state index in [1.165, 1.54) is 17.3 Å². The standard InChI is InChI=1S/C17H18N6OS/c1-3-23-15(13-7-4-6-12(2)10-13)21-22-17(23)25-11-14(24)20-16-18-8-5-9-19-16/h4-10H,3,11H2,1-2H3,(H,18,19,20,24). The zero-order valence-corrected chi connectivity index (χ0v) is 14.8. The van der Waals surface area contributed by atoms with E-state index in [0.717, 1.165) is 17.9 Å². The third-order valence-electron chi connectivity index (χ3n) is 3.46. The number of aryl methyl sites for hydroxylation is 1. The van der Waals surface area contributed by atoms with E-state index in [1.54, 1.807) is 18.5 Å². The first-order valence-corrected chi connectivity index (χ1v) is 8.86. The Bertz CT molecular complexity index is 865. The van der Waals surface area contributed by atoms with E-state index in [0.29, 0.717) is 11.1 Å². The van der Waals surface area contributed by atoms with E-state index in [-0.39, 0.29) is 11.7 Å². The van der Waals surface area contributed by atoms with Gasteiger partial charge in [0.1, 0.15) is 0 Å². The van der Waals surface area contributed by atoms with Crippen LogP contribution < -0.4 is 5.32 Å². The lowest BCUT2D eigenvalue weighted by molar-refractivity contribution is -0.113. The van der Waals surface area contributed by atoms with Crippen molar-refractivity contribution in [1.29, 1.82) is 0 Å². The monoisotopic (exact) mass is 354 g/mol. The average molecular weight is 354 g/mol. The Morgan fingerprint density at radius 1 is 1.20 bits per heavy atom. The van der Waals surface area contributed by atoms with Gasteiger partial charge in [0.2, 0.25) is 11.9 Å². The number of nitrogens with one attached hydrogen (secondary N) is 1. The SMILES string of the molecule is CCn1c(SCC(=O)Nc2ncccn2)nnc1-c1cccc(C)c1. The van der Waals surface area contributed by atoms with Crippen molar-refractivity contribution in [3.63, 3.8) is 0 Å². The second-order valence-electron chi connectivity index (χ2n) is 5.33. The van der Waals surface area contributed by atoms with Crippen LogP contribution in [0.3, 0.4) is 0 Å². The highest BCUT2D eigenvalue weighted by molar-refractivity contribution is 7.99. The number of amides is 1. The van der Waals surface area contributed by atoms with Crippen LogP contribution in [0.4, 0.5) is 5.95 Å². The van der Waals surface area contributed by atoms with Crippen LogP contribution in [0.2, 0.25) is 0 Å². The summed E-state index contributed by atoms with van der Waals surface area (Å²) in [4.78, 5) is 20.0. The summed E-state index contributed by atoms with van der Waals surface area (Å²) >= 11 is 1.34. The van der Waals surface area contributed by atoms with Crippen molar-refractivity contribution in [2.24, 2.45) is 0 Å². The summed E-state index contributed by atoms with van der Waals surface area (Å²) in [6, 6.07) is 9.82. The molecule has 3 rings (SSSR count). The Hall–Kier alpha value is -2.74. The molecule has 0 bridgehead atoms. The van der Waals surface area contributed by atoms with Crippen LogP contribution in [0.5, 0.6) is 0 Å². The fraction of sp³-hybridized carbons (Fsp3) is 0.235. The van der Waals surface area contributed by atoms with Gasteiger partial charge in [-0.05, 0) is 26.0 Å². The maximum Gasteiger partial charge on any atom is 0.237 e. The van der Waals surface area contributed by atoms with Gasteiger partial charge in [-0.3, -0.25) is 10.1 Å². The molecule has 2 heterocycles. The molecule has 1 aromatic carbocycles. The van der Waals surface area contributed by atoms with Crippen LogP contribution in [0.15, 0.2) is 47.9 Å². The highest BCUT2D eigenvalue weighted by atomic mass is 32.2. The maximum absolute atomic E-state index is 12.0. The summed E-state index contributed by atoms with van der Waals surface area (Å²) in [5.74, 6) is 1.13. The zero-order valence-electron chi connectivity index (χ0n) is 14.0. The number of hydrogen-bond acceptors (Lipinski definition) is 6. The van der Waals surface area contributed by atoms with Crippen molar-refractivity contribution >= 4 is 23.6 Å². The van der Waals surface area contributed by atoms with E-state index in [4.69, 9.17) is 0 Å². The molecule has 0 spiro atoms. The minimum absolute atomic E-state index is 0.182. The van der Waals surface area contributed by atoms with Gasteiger partial charge < -0.3 is 4.57 Å². The van der Waals surface area contributed by atoms with Crippen molar-refractivity contribution < 1.29 is 4.79 Å². The van der Waals surface area contributed by atoms with Crippen molar-refractivity contribution in [2.45, 2.75) is 25.5 Å². The predicted octanol–water partition coefficient (Wildman–Crippen LogP) is 2.79. The molecule has 3 aromatic rings. The summed E-state index contributed by atoms with van der Waals surface area (Å²) in [5.41, 5.74) is 2.18. The Kier molecular flexibility index (Phi) is 5.39. The largest absolute Gasteiger partial charge is 0.302 e. The smallest absolute Gasteiger partial charge is 0.237 e. The Morgan fingerprint density at radius 2 is 2.00 bits per heavy atom. The molecule has 0 unspecified atom stereocenters. The molecule has 8 heteroatoms. The van der Waals surface area contributed by atoms with Crippen molar-refractivity contribution in [1.82, 2.24) is 24.7 Å². The van der Waals surface area contributed by atoms with Gasteiger partial charge in [0.25, 0.3) is 0 Å². The highest BCUT2D eigenvalue weighted by Gasteiger charge is 2.15. The number of hydrogen-bond donors (Lipinski definition) is 1. The minimum atomic E-state index is -0.182. The molecule has 1 N–H and O–H groups in total. The number of aromatic nitrogens is 5. The van der Waals surface area contributed by atoms with Gasteiger partial charge in [-0.15, -0.1) is 10.2 Å². The number of nitrogens with zero attached hydrogens (tertiary/aromatic N) is 5. The second kappa shape index (κ2) is 7.89. The molecular weight excluding hydrogens is 336 g/mol. The molecule has 2 aromatic heterocycles. The zero-order chi connectivity index (χ0) is 17.6. The third kappa shape index (κ3) is 4.21. The van der Waals surface area contributed by atoms with Crippen molar-refractivity contribution in [3.8, 4) is 11.4 Å². The Balaban J connectivity index is 1.70. The molecule has 0 radical (unpaired) electrons. The fourth-order valence-electron chi connectivity index (χ4n) is 2.33. The van der Waals surface area contributed by atoms with E-state index in [2.05, 4.69) is 31.5 Å². The minimum Gasteiger partial charge on any atom is -0.302 e. The maximum atomic E-state index is 12.0. The van der Waals surface area contributed by atoms with E-state index >= 15 is 0 Å². The predicted molar refractivity (Wildman–Crippen MR) is 97.3 cm³/mol. The Labute approximate surface area is 149 Å². The number of thioether (sulfide) groups is 1. The first kappa shape index (κ1) is 17.1. The molecule has 0 saturated carbocycles. The van der Waals surface area contributed by atoms with Gasteiger partial charge in [0.05, 0.1) is 5.75 Å². The first-order chi connectivity index (χ1) is 12.2. The molecule has 0 fully saturated rings. The summed E-state index contributed by atoms with van der Waals surface area (Å²) in [5, 5.41) is 11.9. The lowest BCUT2D eigenvalue weighted by Gasteiger charge is -2.08. The van der Waals surface area contributed by atoms with Crippen LogP contribution in [-0.2, 0) is 11.3 Å². The van der Waals surface area contributed by atoms with Gasteiger partial charge in [0.15, 0.2) is 11.0 Å². The van der Waals surface area contributed by atoms with E-state index < -0.39 is 0 Å². The van der Waals surface area contributed by atoms with Crippen LogP contribution in [0.25, 0.3) is 11.4 Å². The quantitative estimate of drug-likeness (QED) is 0.685. The average Bonchev–Trinajstić information content (AvgIpc) is 3.04. The summed E-state index contributed by atoms with van der Waals surface area (Å²) in [6.45, 7) is 4.80. The number of carbonyl (C=O) groups excluding carboxylic acids is 1. The summed E-state index contributed by atoms with van der Waals surface area (Å²) in [6.07, 6.45) is 3.16. The molecule has 1 amide bonds. The first-order valence-electron chi connectivity index (χ1n) is 7.87. The molecule has 7 nitrogen and oxygen atoms in total. The van der Waals surface area contributed by atoms with Gasteiger partial charge in [-0.2, -0.15) is 0 Å². The lowest BCUT2D eigenvalue weighted by atomic mass is 10.1. The number of anilines is 1. The van der Waals surface area contributed by atoms with E-state index in [1.807, 2.05) is 36.6 Å². The molecule has 0 aliphatic rings. The fourth-order valence-corrected chi connectivity index (χ4v) is 3.14. The highest BCUT2D eigenvalue weighted by Crippen LogP contribution is 2.24. The lowest BCUT2D eigenvalue weighted by Crippen LogP contribution is -2.16. The van der Waals surface area contributed by atoms with Gasteiger partial charge in [-0.1, -0.05) is 35.5 Å². The van der Waals surface area contributed by atoms with Crippen LogP contribution >= 0.6 is 11.8 Å². The van der Waals surface area contributed by atoms with Crippen LogP contribution in [-0.4, -0.2) is 36.4 Å². The van der Waals surface area contributed by atoms with Crippen molar-refractivity contribution in [2.75, 3.05) is 11.1 Å². The summed E-state index contributed by atoms with van der Waals surface area (Å²) < 4.78 is 2.01. The van der Waals surface area contributed by atoms with Crippen LogP contribution in [0, 0.1) is 6.92 Å². The molecule has 0 aliphatic heterocycles. The third-order valence-corrected chi connectivity index (χ3v) is 4.43. The Morgan fingerprint density at radius 3 is 2.72 bits per heavy atom.